The molecule has 1 aromatic carbocycles. The van der Waals surface area contributed by atoms with E-state index < -0.39 is 28.5 Å². The monoisotopic (exact) mass is 471 g/mol. The number of benzene rings is 1. The van der Waals surface area contributed by atoms with E-state index in [4.69, 9.17) is 4.74 Å². The van der Waals surface area contributed by atoms with Gasteiger partial charge in [-0.3, -0.25) is 14.2 Å². The molecule has 0 saturated carbocycles. The molecule has 2 aliphatic rings. The third-order valence-electron chi connectivity index (χ3n) is 6.18. The predicted molar refractivity (Wildman–Crippen MR) is 125 cm³/mol. The van der Waals surface area contributed by atoms with Gasteiger partial charge in [0.1, 0.15) is 5.76 Å². The highest BCUT2D eigenvalue weighted by Crippen LogP contribution is 2.43. The van der Waals surface area contributed by atoms with Gasteiger partial charge in [0.05, 0.1) is 26.3 Å². The van der Waals surface area contributed by atoms with Gasteiger partial charge in [0.15, 0.2) is 5.78 Å². The lowest BCUT2D eigenvalue weighted by Crippen LogP contribution is -2.87. The first-order valence-corrected chi connectivity index (χ1v) is 11.4. The second-order valence-corrected chi connectivity index (χ2v) is 9.55. The van der Waals surface area contributed by atoms with E-state index in [1.54, 1.807) is 30.3 Å². The van der Waals surface area contributed by atoms with Gasteiger partial charge in [-0.1, -0.05) is 44.2 Å². The maximum atomic E-state index is 13.0. The fourth-order valence-corrected chi connectivity index (χ4v) is 4.43. The number of aliphatic hydroxyl groups is 1. The van der Waals surface area contributed by atoms with Crippen LogP contribution in [0.25, 0.3) is 0 Å². The first kappa shape index (κ1) is 25.5. The van der Waals surface area contributed by atoms with Gasteiger partial charge < -0.3 is 24.8 Å². The van der Waals surface area contributed by atoms with Crippen molar-refractivity contribution in [2.45, 2.75) is 32.6 Å². The van der Waals surface area contributed by atoms with Crippen molar-refractivity contribution in [3.8, 4) is 5.88 Å². The quantitative estimate of drug-likeness (QED) is 0.652. The van der Waals surface area contributed by atoms with Crippen molar-refractivity contribution in [1.82, 2.24) is 9.13 Å². The van der Waals surface area contributed by atoms with Crippen molar-refractivity contribution in [2.24, 2.45) is 19.5 Å². The number of ketones is 1. The maximum Gasteiger partial charge on any atom is 0.329 e. The lowest BCUT2D eigenvalue weighted by Gasteiger charge is -2.34. The number of rotatable bonds is 3. The third-order valence-corrected chi connectivity index (χ3v) is 6.18. The van der Waals surface area contributed by atoms with Crippen LogP contribution in [-0.4, -0.2) is 46.3 Å². The molecule has 1 atom stereocenters. The summed E-state index contributed by atoms with van der Waals surface area (Å²) in [5, 5.41) is 25.9. The van der Waals surface area contributed by atoms with Crippen LogP contribution in [0.15, 0.2) is 51.3 Å². The molecule has 0 radical (unpaired) electrons. The van der Waals surface area contributed by atoms with Crippen molar-refractivity contribution >= 4 is 5.78 Å². The molecule has 0 amide bonds. The highest BCUT2D eigenvalue weighted by molar-refractivity contribution is 5.99. The Morgan fingerprint density at radius 2 is 1.65 bits per heavy atom. The lowest BCUT2D eigenvalue weighted by atomic mass is 9.71. The molecule has 1 unspecified atom stereocenters. The maximum absolute atomic E-state index is 13.0. The molecular weight excluding hydrogens is 438 g/mol. The van der Waals surface area contributed by atoms with Crippen LogP contribution in [0.4, 0.5) is 0 Å². The van der Waals surface area contributed by atoms with Gasteiger partial charge in [-0.15, -0.1) is 0 Å². The molecule has 9 heteroatoms. The number of nitrogens with two attached hydrogens (primary N) is 1. The summed E-state index contributed by atoms with van der Waals surface area (Å²) in [6.45, 7) is 7.94. The summed E-state index contributed by atoms with van der Waals surface area (Å²) in [6.07, 6.45) is 0.452. The average Bonchev–Trinajstić information content (AvgIpc) is 2.81. The van der Waals surface area contributed by atoms with E-state index in [2.05, 4.69) is 5.32 Å². The summed E-state index contributed by atoms with van der Waals surface area (Å²) in [6, 6.07) is 8.63. The van der Waals surface area contributed by atoms with E-state index in [0.717, 1.165) is 35.4 Å². The normalized spacial score (nSPS) is 18.8. The Hall–Kier alpha value is -3.17. The molecule has 2 heterocycles. The standard InChI is InChI=1S/C21H24N2O5.C4H9NO/c1-21(2)10-13(24)16(14(25)11-21)15(12-8-6-5-7-9-12)17-18(26)22(3)20(28)23(4)19(17)27;1-3-6-4-2-5-1/h5-9,15,24,26H,10-11H2,1-4H3;5H,1-4H2. The molecule has 1 saturated heterocycles. The predicted octanol–water partition coefficient (Wildman–Crippen LogP) is 0.0707. The summed E-state index contributed by atoms with van der Waals surface area (Å²) in [4.78, 5) is 38.0. The van der Waals surface area contributed by atoms with Crippen LogP contribution in [0.1, 0.15) is 43.7 Å². The molecule has 4 rings (SSSR count). The first-order valence-electron chi connectivity index (χ1n) is 11.4. The van der Waals surface area contributed by atoms with Crippen LogP contribution in [0.2, 0.25) is 0 Å². The number of quaternary nitrogens is 1. The summed E-state index contributed by atoms with van der Waals surface area (Å²) >= 11 is 0. The number of ether oxygens (including phenoxy) is 1. The fourth-order valence-electron chi connectivity index (χ4n) is 4.43. The number of nitrogens with zero attached hydrogens (tertiary/aromatic N) is 2. The zero-order valence-electron chi connectivity index (χ0n) is 20.2. The van der Waals surface area contributed by atoms with Crippen LogP contribution >= 0.6 is 0 Å². The van der Waals surface area contributed by atoms with E-state index in [1.807, 2.05) is 13.8 Å². The molecule has 1 fully saturated rings. The van der Waals surface area contributed by atoms with Gasteiger partial charge in [0.25, 0.3) is 5.56 Å². The van der Waals surface area contributed by atoms with Gasteiger partial charge in [0, 0.05) is 44.0 Å². The minimum absolute atomic E-state index is 0.0540. The summed E-state index contributed by atoms with van der Waals surface area (Å²) < 4.78 is 6.74. The smallest absolute Gasteiger partial charge is 0.329 e. The van der Waals surface area contributed by atoms with Crippen LogP contribution in [0.3, 0.4) is 0 Å². The van der Waals surface area contributed by atoms with Gasteiger partial charge in [-0.25, -0.2) is 4.79 Å². The zero-order chi connectivity index (χ0) is 25.0. The highest BCUT2D eigenvalue weighted by atomic mass is 16.5. The van der Waals surface area contributed by atoms with Crippen LogP contribution in [0, 0.1) is 5.41 Å². The van der Waals surface area contributed by atoms with Crippen molar-refractivity contribution in [3.05, 3.63) is 73.6 Å². The molecule has 9 nitrogen and oxygen atoms in total. The number of hydrogen-bond donors (Lipinski definition) is 2. The average molecular weight is 472 g/mol. The van der Waals surface area contributed by atoms with E-state index in [9.17, 15) is 24.6 Å². The number of morpholine rings is 1. The highest BCUT2D eigenvalue weighted by Gasteiger charge is 2.39. The first-order chi connectivity index (χ1) is 16.0. The Morgan fingerprint density at radius 1 is 1.03 bits per heavy atom. The Labute approximate surface area is 198 Å². The summed E-state index contributed by atoms with van der Waals surface area (Å²) in [7, 11) is 2.57. The molecule has 0 spiro atoms. The van der Waals surface area contributed by atoms with Gasteiger partial charge in [0.2, 0.25) is 0 Å². The number of carbonyl (C=O) groups is 1. The van der Waals surface area contributed by atoms with E-state index in [0.29, 0.717) is 5.56 Å². The molecule has 184 valence electrons. The molecule has 0 bridgehead atoms. The number of carbonyl (C=O) groups excluding carboxylic acids is 1. The molecule has 1 aliphatic carbocycles. The fraction of sp³-hybridized carbons (Fsp3) is 0.480. The number of hydrogen-bond acceptors (Lipinski definition) is 6. The van der Waals surface area contributed by atoms with Gasteiger partial charge >= 0.3 is 5.69 Å². The van der Waals surface area contributed by atoms with E-state index >= 15 is 0 Å². The minimum Gasteiger partial charge on any atom is -0.860 e. The summed E-state index contributed by atoms with van der Waals surface area (Å²) in [5.41, 5.74) is -1.55. The second kappa shape index (κ2) is 10.4. The van der Waals surface area contributed by atoms with Crippen molar-refractivity contribution < 1.29 is 25.1 Å². The summed E-state index contributed by atoms with van der Waals surface area (Å²) in [5.74, 6) is -2.23. The van der Waals surface area contributed by atoms with Crippen LogP contribution in [0.5, 0.6) is 5.88 Å². The number of allylic oxidation sites excluding steroid dienone is 2. The topological polar surface area (TPSA) is 130 Å². The third kappa shape index (κ3) is 5.31. The largest absolute Gasteiger partial charge is 0.860 e. The lowest BCUT2D eigenvalue weighted by molar-refractivity contribution is -0.670. The molecule has 34 heavy (non-hydrogen) atoms. The molecule has 2 aromatic rings. The minimum atomic E-state index is -1.04. The number of aliphatic hydroxyl groups excluding tert-OH is 1. The molecule has 1 aromatic heterocycles. The molecular formula is C25H33N3O6. The van der Waals surface area contributed by atoms with Crippen molar-refractivity contribution in [1.29, 1.82) is 0 Å². The van der Waals surface area contributed by atoms with E-state index in [1.165, 1.54) is 14.1 Å². The number of aromatic nitrogens is 2. The SMILES string of the molecule is C1COCC[NH2+]1.Cn1c([O-])c(C(C2=C(O)CC(C)(C)CC2=O)c2ccccc2)c(=O)n(C)c1=O. The van der Waals surface area contributed by atoms with Crippen LogP contribution < -0.4 is 21.7 Å². The molecule has 3 N–H and O–H groups in total. The Morgan fingerprint density at radius 3 is 2.15 bits per heavy atom. The Bertz CT molecular complexity index is 1180. The Balaban J connectivity index is 0.000000469. The van der Waals surface area contributed by atoms with Gasteiger partial charge in [-0.05, 0) is 16.9 Å². The molecule has 1 aliphatic heterocycles. The second-order valence-electron chi connectivity index (χ2n) is 9.55. The zero-order valence-corrected chi connectivity index (χ0v) is 20.2. The van der Waals surface area contributed by atoms with Crippen molar-refractivity contribution in [2.75, 3.05) is 26.3 Å². The van der Waals surface area contributed by atoms with Crippen molar-refractivity contribution in [3.63, 3.8) is 0 Å². The Kier molecular flexibility index (Phi) is 7.78. The van der Waals surface area contributed by atoms with E-state index in [-0.39, 0.29) is 35.5 Å². The van der Waals surface area contributed by atoms with Crippen LogP contribution in [-0.2, 0) is 23.6 Å². The number of Topliss-reactive ketones (excluding diaryl/α,β-unsaturated/α-hetero) is 1. The van der Waals surface area contributed by atoms with Gasteiger partial charge in [-0.2, -0.15) is 0 Å².